The molecule has 0 aliphatic rings. The number of aliphatic hydroxyl groups is 1. The molecule has 8 nitrogen and oxygen atoms in total. The lowest BCUT2D eigenvalue weighted by atomic mass is 9.82. The van der Waals surface area contributed by atoms with E-state index in [-0.39, 0.29) is 6.07 Å². The third kappa shape index (κ3) is 7.73. The van der Waals surface area contributed by atoms with Gasteiger partial charge in [-0.1, -0.05) is 0 Å². The number of nitrogens with zero attached hydrogens (tertiary/aromatic N) is 1. The molecule has 272 valence electrons. The van der Waals surface area contributed by atoms with E-state index in [9.17, 15) is 86.3 Å². The third-order valence-corrected chi connectivity index (χ3v) is 7.12. The minimum absolute atomic E-state index is 0.0327. The van der Waals surface area contributed by atoms with E-state index in [1.54, 1.807) is 0 Å². The highest BCUT2D eigenvalue weighted by atomic mass is 19.2. The molecule has 0 aliphatic heterocycles. The molecule has 1 unspecified atom stereocenters. The lowest BCUT2D eigenvalue weighted by Gasteiger charge is -2.26. The van der Waals surface area contributed by atoms with Crippen LogP contribution in [0.15, 0.2) is 6.07 Å². The second-order valence-electron chi connectivity index (χ2n) is 10.2. The van der Waals surface area contributed by atoms with E-state index in [4.69, 9.17) is 0 Å². The fourth-order valence-corrected chi connectivity index (χ4v) is 4.39. The summed E-state index contributed by atoms with van der Waals surface area (Å²) in [6.07, 6.45) is -10.1. The summed E-state index contributed by atoms with van der Waals surface area (Å²) in [4.78, 5) is 35.6. The molecule has 0 bridgehead atoms. The number of nitro groups is 1. The zero-order chi connectivity index (χ0) is 38.0. The van der Waals surface area contributed by atoms with E-state index in [2.05, 4.69) is 9.47 Å². The van der Waals surface area contributed by atoms with Gasteiger partial charge in [0.15, 0.2) is 23.3 Å². The van der Waals surface area contributed by atoms with Gasteiger partial charge < -0.3 is 14.6 Å². The predicted octanol–water partition coefficient (Wildman–Crippen LogP) is 7.23. The lowest BCUT2D eigenvalue weighted by Crippen LogP contribution is -2.40. The number of esters is 2. The second kappa shape index (κ2) is 15.3. The summed E-state index contributed by atoms with van der Waals surface area (Å²) >= 11 is 0. The molecule has 50 heavy (non-hydrogen) atoms. The van der Waals surface area contributed by atoms with Crippen molar-refractivity contribution in [3.05, 3.63) is 103 Å². The Morgan fingerprint density at radius 1 is 0.600 bits per heavy atom. The van der Waals surface area contributed by atoms with Crippen LogP contribution in [0.5, 0.6) is 11.5 Å². The molecule has 0 heterocycles. The van der Waals surface area contributed by atoms with Crippen molar-refractivity contribution in [1.29, 1.82) is 0 Å². The molecule has 3 rings (SSSR count). The molecule has 3 aromatic rings. The highest BCUT2D eigenvalue weighted by Crippen LogP contribution is 2.36. The van der Waals surface area contributed by atoms with Gasteiger partial charge in [0.05, 0.1) is 18.9 Å². The molecule has 1 atom stereocenters. The average molecular weight is 743 g/mol. The van der Waals surface area contributed by atoms with Crippen molar-refractivity contribution in [2.45, 2.75) is 50.2 Å². The van der Waals surface area contributed by atoms with Gasteiger partial charge in [0, 0.05) is 29.7 Å². The van der Waals surface area contributed by atoms with Gasteiger partial charge >= 0.3 is 11.9 Å². The fraction of sp³-hybridized carbons (Fsp3) is 0.286. The first-order valence-electron chi connectivity index (χ1n) is 13.3. The van der Waals surface area contributed by atoms with Crippen molar-refractivity contribution >= 4 is 11.9 Å². The number of aliphatic hydroxyl groups excluding tert-OH is 1. The normalized spacial score (nSPS) is 12.2. The van der Waals surface area contributed by atoms with Crippen LogP contribution in [0.1, 0.15) is 50.2 Å². The highest BCUT2D eigenvalue weighted by molar-refractivity contribution is 5.73. The lowest BCUT2D eigenvalue weighted by molar-refractivity contribution is -0.574. The van der Waals surface area contributed by atoms with Crippen LogP contribution in [0.3, 0.4) is 0 Å². The number of hydrogen-bond acceptors (Lipinski definition) is 7. The molecule has 0 radical (unpaired) electrons. The Hall–Kier alpha value is -5.02. The number of ether oxygens (including phenoxy) is 2. The summed E-state index contributed by atoms with van der Waals surface area (Å²) in [6, 6.07) is -0.0327. The van der Waals surface area contributed by atoms with Crippen LogP contribution >= 0.6 is 0 Å². The number of rotatable bonds is 13. The molecule has 0 saturated carbocycles. The van der Waals surface area contributed by atoms with E-state index in [1.165, 1.54) is 0 Å². The Labute approximate surface area is 268 Å². The van der Waals surface area contributed by atoms with Crippen LogP contribution in [0.2, 0.25) is 0 Å². The quantitative estimate of drug-likeness (QED) is 0.0374. The van der Waals surface area contributed by atoms with Crippen molar-refractivity contribution in [3.63, 3.8) is 0 Å². The molecule has 0 aromatic heterocycles. The van der Waals surface area contributed by atoms with Crippen molar-refractivity contribution in [2.24, 2.45) is 0 Å². The van der Waals surface area contributed by atoms with Gasteiger partial charge in [-0.25, -0.2) is 43.9 Å². The maximum atomic E-state index is 14.2. The standard InChI is InChI=1S/C28H15F14NO7/c29-9-7-8(13(30)15(32)14(9)31)10(44)1-4-28(43(47)48,5-2-11(45)49-26-22(39)18(35)16(33)19(36)23(26)40)6-3-12(46)50-27-24(41)20(37)17(34)21(38)25(27)42/h7,10,44H,1-6H2. The van der Waals surface area contributed by atoms with Gasteiger partial charge in [-0.15, -0.1) is 0 Å². The summed E-state index contributed by atoms with van der Waals surface area (Å²) in [5.74, 6) is -43.2. The van der Waals surface area contributed by atoms with Crippen LogP contribution in [0.4, 0.5) is 61.5 Å². The van der Waals surface area contributed by atoms with Gasteiger partial charge in [-0.05, 0) is 12.5 Å². The van der Waals surface area contributed by atoms with Crippen molar-refractivity contribution in [2.75, 3.05) is 0 Å². The Bertz CT molecular complexity index is 1730. The van der Waals surface area contributed by atoms with Gasteiger partial charge in [0.1, 0.15) is 0 Å². The second-order valence-corrected chi connectivity index (χ2v) is 10.2. The summed E-state index contributed by atoms with van der Waals surface area (Å²) in [5.41, 5.74) is -4.16. The van der Waals surface area contributed by atoms with Crippen LogP contribution in [-0.2, 0) is 9.59 Å². The van der Waals surface area contributed by atoms with Crippen LogP contribution in [-0.4, -0.2) is 27.5 Å². The molecular weight excluding hydrogens is 728 g/mol. The predicted molar refractivity (Wildman–Crippen MR) is 132 cm³/mol. The summed E-state index contributed by atoms with van der Waals surface area (Å²) in [5, 5.41) is 22.6. The average Bonchev–Trinajstić information content (AvgIpc) is 3.08. The zero-order valence-electron chi connectivity index (χ0n) is 24.0. The van der Waals surface area contributed by atoms with Gasteiger partial charge in [-0.3, -0.25) is 19.7 Å². The molecule has 1 N–H and O–H groups in total. The van der Waals surface area contributed by atoms with Crippen molar-refractivity contribution in [3.8, 4) is 11.5 Å². The van der Waals surface area contributed by atoms with E-state index in [0.717, 1.165) is 0 Å². The molecule has 0 spiro atoms. The van der Waals surface area contributed by atoms with Gasteiger partial charge in [-0.2, -0.15) is 17.6 Å². The van der Waals surface area contributed by atoms with Crippen LogP contribution in [0, 0.1) is 91.6 Å². The van der Waals surface area contributed by atoms with Gasteiger partial charge in [0.25, 0.3) is 0 Å². The third-order valence-electron chi connectivity index (χ3n) is 7.12. The highest BCUT2D eigenvalue weighted by Gasteiger charge is 2.44. The first-order valence-corrected chi connectivity index (χ1v) is 13.3. The first kappa shape index (κ1) is 39.4. The minimum Gasteiger partial charge on any atom is -0.420 e. The fourth-order valence-electron chi connectivity index (χ4n) is 4.39. The number of benzene rings is 3. The van der Waals surface area contributed by atoms with E-state index < -0.39 is 166 Å². The van der Waals surface area contributed by atoms with Gasteiger partial charge in [0.2, 0.25) is 75.2 Å². The zero-order valence-corrected chi connectivity index (χ0v) is 24.0. The first-order chi connectivity index (χ1) is 23.2. The number of hydrogen-bond donors (Lipinski definition) is 1. The van der Waals surface area contributed by atoms with Crippen LogP contribution in [0.25, 0.3) is 0 Å². The van der Waals surface area contributed by atoms with Crippen LogP contribution < -0.4 is 9.47 Å². The molecule has 3 aromatic carbocycles. The van der Waals surface area contributed by atoms with Crippen molar-refractivity contribution in [1.82, 2.24) is 0 Å². The minimum atomic E-state index is -2.86. The Morgan fingerprint density at radius 3 is 1.30 bits per heavy atom. The maximum Gasteiger partial charge on any atom is 0.311 e. The number of carbonyl (C=O) groups excluding carboxylic acids is 2. The largest absolute Gasteiger partial charge is 0.420 e. The summed E-state index contributed by atoms with van der Waals surface area (Å²) in [7, 11) is 0. The summed E-state index contributed by atoms with van der Waals surface area (Å²) < 4.78 is 200. The maximum absolute atomic E-state index is 14.2. The Morgan fingerprint density at radius 2 is 0.940 bits per heavy atom. The molecule has 0 amide bonds. The molecule has 0 saturated heterocycles. The molecule has 0 fully saturated rings. The molecule has 22 heteroatoms. The smallest absolute Gasteiger partial charge is 0.311 e. The van der Waals surface area contributed by atoms with E-state index in [1.807, 2.05) is 0 Å². The molecular formula is C28H15F14NO7. The topological polar surface area (TPSA) is 116 Å². The number of halogens is 14. The monoisotopic (exact) mass is 743 g/mol. The Kier molecular flexibility index (Phi) is 12.0. The summed E-state index contributed by atoms with van der Waals surface area (Å²) in [6.45, 7) is 0. The van der Waals surface area contributed by atoms with Crippen molar-refractivity contribution < 1.29 is 90.6 Å². The Balaban J connectivity index is 1.93. The van der Waals surface area contributed by atoms with E-state index in [0.29, 0.717) is 0 Å². The number of carbonyl (C=O) groups is 2. The SMILES string of the molecule is O=C(CCC(CCC(=O)Oc1c(F)c(F)c(F)c(F)c1F)(CCC(O)c1cc(F)c(F)c(F)c1F)[N+](=O)[O-])Oc1c(F)c(F)c(F)c(F)c1F. The molecule has 0 aliphatic carbocycles. The van der Waals surface area contributed by atoms with E-state index >= 15 is 0 Å².